The highest BCUT2D eigenvalue weighted by Gasteiger charge is 2.33. The SMILES string of the molecule is O=C(O)C1CSCCN1c1cccc(Cl)c1[N+](=O)[O-]. The van der Waals surface area contributed by atoms with E-state index in [1.807, 2.05) is 0 Å². The molecule has 0 saturated carbocycles. The van der Waals surface area contributed by atoms with Crippen molar-refractivity contribution in [3.8, 4) is 0 Å². The molecule has 1 N–H and O–H groups in total. The Morgan fingerprint density at radius 2 is 2.32 bits per heavy atom. The Morgan fingerprint density at radius 3 is 2.95 bits per heavy atom. The van der Waals surface area contributed by atoms with Crippen LogP contribution in [0, 0.1) is 10.1 Å². The first-order valence-corrected chi connectivity index (χ1v) is 7.05. The van der Waals surface area contributed by atoms with E-state index >= 15 is 0 Å². The molecule has 1 saturated heterocycles. The molecule has 0 amide bonds. The van der Waals surface area contributed by atoms with Gasteiger partial charge in [-0.2, -0.15) is 11.8 Å². The number of nitro groups is 1. The van der Waals surface area contributed by atoms with E-state index in [2.05, 4.69) is 0 Å². The lowest BCUT2D eigenvalue weighted by molar-refractivity contribution is -0.384. The van der Waals surface area contributed by atoms with Crippen molar-refractivity contribution < 1.29 is 14.8 Å². The zero-order valence-electron chi connectivity index (χ0n) is 9.78. The maximum Gasteiger partial charge on any atom is 0.327 e. The highest BCUT2D eigenvalue weighted by Crippen LogP contribution is 2.37. The number of rotatable bonds is 3. The van der Waals surface area contributed by atoms with E-state index in [1.54, 1.807) is 11.0 Å². The summed E-state index contributed by atoms with van der Waals surface area (Å²) in [5.41, 5.74) is 0.0347. The van der Waals surface area contributed by atoms with Gasteiger partial charge in [-0.25, -0.2) is 4.79 Å². The van der Waals surface area contributed by atoms with Crippen LogP contribution in [0.5, 0.6) is 0 Å². The largest absolute Gasteiger partial charge is 0.480 e. The van der Waals surface area contributed by atoms with Gasteiger partial charge in [0.25, 0.3) is 0 Å². The average molecular weight is 303 g/mol. The molecule has 1 fully saturated rings. The Morgan fingerprint density at radius 1 is 1.58 bits per heavy atom. The smallest absolute Gasteiger partial charge is 0.327 e. The maximum absolute atomic E-state index is 11.2. The summed E-state index contributed by atoms with van der Waals surface area (Å²) in [7, 11) is 0. The van der Waals surface area contributed by atoms with E-state index < -0.39 is 16.9 Å². The number of halogens is 1. The molecule has 0 bridgehead atoms. The van der Waals surface area contributed by atoms with Crippen molar-refractivity contribution in [1.82, 2.24) is 0 Å². The van der Waals surface area contributed by atoms with Gasteiger partial charge in [-0.3, -0.25) is 10.1 Å². The van der Waals surface area contributed by atoms with E-state index in [1.165, 1.54) is 23.9 Å². The van der Waals surface area contributed by atoms with Crippen molar-refractivity contribution in [3.05, 3.63) is 33.3 Å². The second kappa shape index (κ2) is 5.66. The Kier molecular flexibility index (Phi) is 4.16. The van der Waals surface area contributed by atoms with Gasteiger partial charge in [0.2, 0.25) is 0 Å². The standard InChI is InChI=1S/C11H11ClN2O4S/c12-7-2-1-3-8(10(7)14(17)18)13-4-5-19-6-9(13)11(15)16/h1-3,9H,4-6H2,(H,15,16). The molecule has 0 radical (unpaired) electrons. The molecule has 8 heteroatoms. The lowest BCUT2D eigenvalue weighted by Crippen LogP contribution is -2.47. The minimum absolute atomic E-state index is 0.0184. The van der Waals surface area contributed by atoms with Gasteiger partial charge >= 0.3 is 11.7 Å². The fourth-order valence-corrected chi connectivity index (χ4v) is 3.29. The van der Waals surface area contributed by atoms with Gasteiger partial charge in [0.15, 0.2) is 0 Å². The molecule has 6 nitrogen and oxygen atoms in total. The van der Waals surface area contributed by atoms with Gasteiger partial charge in [0, 0.05) is 18.1 Å². The number of carboxylic acids is 1. The van der Waals surface area contributed by atoms with Crippen LogP contribution in [-0.4, -0.2) is 40.1 Å². The second-order valence-electron chi connectivity index (χ2n) is 3.99. The zero-order valence-corrected chi connectivity index (χ0v) is 11.4. The number of hydrogen-bond acceptors (Lipinski definition) is 5. The van der Waals surface area contributed by atoms with Gasteiger partial charge in [-0.05, 0) is 12.1 Å². The van der Waals surface area contributed by atoms with Crippen LogP contribution in [0.3, 0.4) is 0 Å². The minimum atomic E-state index is -0.985. The van der Waals surface area contributed by atoms with Gasteiger partial charge in [0.1, 0.15) is 16.8 Å². The van der Waals surface area contributed by atoms with Gasteiger partial charge in [-0.1, -0.05) is 17.7 Å². The van der Waals surface area contributed by atoms with E-state index in [0.717, 1.165) is 5.75 Å². The van der Waals surface area contributed by atoms with Crippen molar-refractivity contribution in [2.45, 2.75) is 6.04 Å². The van der Waals surface area contributed by atoms with Crippen molar-refractivity contribution in [2.24, 2.45) is 0 Å². The first-order valence-electron chi connectivity index (χ1n) is 5.52. The molecule has 1 aromatic rings. The number of carbonyl (C=O) groups is 1. The predicted octanol–water partition coefficient (Wildman–Crippen LogP) is 2.25. The van der Waals surface area contributed by atoms with Crippen LogP contribution in [0.25, 0.3) is 0 Å². The number of anilines is 1. The van der Waals surface area contributed by atoms with E-state index in [4.69, 9.17) is 11.6 Å². The molecule has 1 aliphatic rings. The van der Waals surface area contributed by atoms with Crippen molar-refractivity contribution in [1.29, 1.82) is 0 Å². The number of carboxylic acid groups (broad SMARTS) is 1. The molecule has 1 aliphatic heterocycles. The molecule has 0 aliphatic carbocycles. The molecule has 1 heterocycles. The summed E-state index contributed by atoms with van der Waals surface area (Å²) >= 11 is 7.37. The second-order valence-corrected chi connectivity index (χ2v) is 5.54. The molecule has 1 aromatic carbocycles. The number of benzene rings is 1. The first-order chi connectivity index (χ1) is 9.02. The Hall–Kier alpha value is -1.47. The van der Waals surface area contributed by atoms with Crippen molar-refractivity contribution in [2.75, 3.05) is 23.0 Å². The number of nitro benzene ring substituents is 1. The summed E-state index contributed by atoms with van der Waals surface area (Å²) in [4.78, 5) is 23.3. The van der Waals surface area contributed by atoms with Crippen LogP contribution in [0.4, 0.5) is 11.4 Å². The molecule has 19 heavy (non-hydrogen) atoms. The zero-order chi connectivity index (χ0) is 14.0. The average Bonchev–Trinajstić information content (AvgIpc) is 2.37. The Balaban J connectivity index is 2.47. The van der Waals surface area contributed by atoms with E-state index in [0.29, 0.717) is 12.3 Å². The first kappa shape index (κ1) is 14.0. The monoisotopic (exact) mass is 302 g/mol. The molecule has 1 unspecified atom stereocenters. The van der Waals surface area contributed by atoms with Crippen LogP contribution in [-0.2, 0) is 4.79 Å². The Bertz CT molecular complexity index is 525. The lowest BCUT2D eigenvalue weighted by atomic mass is 10.2. The molecular formula is C11H11ClN2O4S. The van der Waals surface area contributed by atoms with Crippen molar-refractivity contribution >= 4 is 40.7 Å². The number of para-hydroxylation sites is 1. The third-order valence-corrected chi connectivity index (χ3v) is 4.20. The van der Waals surface area contributed by atoms with E-state index in [-0.39, 0.29) is 16.4 Å². The number of aliphatic carboxylic acids is 1. The normalized spacial score (nSPS) is 19.2. The fraction of sp³-hybridized carbons (Fsp3) is 0.364. The summed E-state index contributed by atoms with van der Waals surface area (Å²) in [6.45, 7) is 0.447. The molecule has 2 rings (SSSR count). The lowest BCUT2D eigenvalue weighted by Gasteiger charge is -2.34. The summed E-state index contributed by atoms with van der Waals surface area (Å²) < 4.78 is 0. The maximum atomic E-state index is 11.2. The molecule has 0 aromatic heterocycles. The van der Waals surface area contributed by atoms with Crippen LogP contribution in [0.2, 0.25) is 5.02 Å². The van der Waals surface area contributed by atoms with Crippen molar-refractivity contribution in [3.63, 3.8) is 0 Å². The number of nitrogens with zero attached hydrogens (tertiary/aromatic N) is 2. The van der Waals surface area contributed by atoms with Gasteiger partial charge in [-0.15, -0.1) is 0 Å². The summed E-state index contributed by atoms with van der Waals surface area (Å²) in [6, 6.07) is 3.79. The number of hydrogen-bond donors (Lipinski definition) is 1. The molecule has 1 atom stereocenters. The summed E-state index contributed by atoms with van der Waals surface area (Å²) in [6.07, 6.45) is 0. The van der Waals surface area contributed by atoms with Crippen LogP contribution in [0.1, 0.15) is 0 Å². The van der Waals surface area contributed by atoms with Crippen LogP contribution < -0.4 is 4.90 Å². The van der Waals surface area contributed by atoms with Gasteiger partial charge < -0.3 is 10.0 Å². The van der Waals surface area contributed by atoms with E-state index in [9.17, 15) is 20.0 Å². The third-order valence-electron chi connectivity index (χ3n) is 2.87. The molecule has 102 valence electrons. The predicted molar refractivity (Wildman–Crippen MR) is 74.2 cm³/mol. The summed E-state index contributed by atoms with van der Waals surface area (Å²) in [5, 5.41) is 20.3. The topological polar surface area (TPSA) is 83.7 Å². The molecule has 0 spiro atoms. The Labute approximate surface area is 118 Å². The minimum Gasteiger partial charge on any atom is -0.480 e. The quantitative estimate of drug-likeness (QED) is 0.681. The molecular weight excluding hydrogens is 292 g/mol. The summed E-state index contributed by atoms with van der Waals surface area (Å²) in [5.74, 6) is 0.147. The third kappa shape index (κ3) is 2.76. The van der Waals surface area contributed by atoms with Crippen LogP contribution in [0.15, 0.2) is 18.2 Å². The van der Waals surface area contributed by atoms with Crippen LogP contribution >= 0.6 is 23.4 Å². The van der Waals surface area contributed by atoms with Gasteiger partial charge in [0.05, 0.1) is 4.92 Å². The number of thioether (sulfide) groups is 1. The highest BCUT2D eigenvalue weighted by atomic mass is 35.5. The fourth-order valence-electron chi connectivity index (χ4n) is 2.01. The highest BCUT2D eigenvalue weighted by molar-refractivity contribution is 7.99.